The van der Waals surface area contributed by atoms with E-state index in [0.29, 0.717) is 18.9 Å². The van der Waals surface area contributed by atoms with Crippen molar-refractivity contribution in [2.45, 2.75) is 38.6 Å². The maximum atomic E-state index is 12.2. The molecule has 4 rings (SSSR count). The van der Waals surface area contributed by atoms with Crippen LogP contribution in [0.2, 0.25) is 0 Å². The van der Waals surface area contributed by atoms with Crippen LogP contribution < -0.4 is 5.32 Å². The predicted molar refractivity (Wildman–Crippen MR) is 89.0 cm³/mol. The van der Waals surface area contributed by atoms with Crippen molar-refractivity contribution in [2.75, 3.05) is 0 Å². The van der Waals surface area contributed by atoms with E-state index in [0.717, 1.165) is 23.1 Å². The molecule has 2 aromatic rings. The summed E-state index contributed by atoms with van der Waals surface area (Å²) in [7, 11) is 0. The molecule has 2 fully saturated rings. The molecule has 120 valence electrons. The minimum atomic E-state index is 0.190. The minimum Gasteiger partial charge on any atom is -0.352 e. The summed E-state index contributed by atoms with van der Waals surface area (Å²) >= 11 is 0. The van der Waals surface area contributed by atoms with Crippen molar-refractivity contribution in [1.82, 2.24) is 15.1 Å². The van der Waals surface area contributed by atoms with Gasteiger partial charge in [0.2, 0.25) is 5.91 Å². The van der Waals surface area contributed by atoms with Gasteiger partial charge >= 0.3 is 0 Å². The minimum absolute atomic E-state index is 0.190. The van der Waals surface area contributed by atoms with Crippen molar-refractivity contribution in [3.63, 3.8) is 0 Å². The number of carbonyl (C=O) groups excluding carboxylic acids is 1. The molecule has 1 N–H and O–H groups in total. The Hall–Kier alpha value is -2.10. The molecule has 23 heavy (non-hydrogen) atoms. The number of fused-ring (bicyclic) bond motifs is 2. The maximum Gasteiger partial charge on any atom is 0.220 e. The van der Waals surface area contributed by atoms with Crippen LogP contribution >= 0.6 is 0 Å². The van der Waals surface area contributed by atoms with Gasteiger partial charge in [0.25, 0.3) is 0 Å². The van der Waals surface area contributed by atoms with Crippen molar-refractivity contribution in [1.29, 1.82) is 0 Å². The zero-order valence-corrected chi connectivity index (χ0v) is 13.3. The number of aromatic nitrogens is 2. The molecule has 2 aliphatic carbocycles. The maximum absolute atomic E-state index is 12.2. The summed E-state index contributed by atoms with van der Waals surface area (Å²) in [4.78, 5) is 12.2. The molecule has 1 heterocycles. The summed E-state index contributed by atoms with van der Waals surface area (Å²) < 4.78 is 1.84. The molecule has 3 unspecified atom stereocenters. The van der Waals surface area contributed by atoms with Crippen LogP contribution in [-0.4, -0.2) is 15.7 Å². The van der Waals surface area contributed by atoms with Crippen molar-refractivity contribution in [3.8, 4) is 5.69 Å². The average molecular weight is 309 g/mol. The fraction of sp³-hybridized carbons (Fsp3) is 0.474. The Morgan fingerprint density at radius 1 is 1.22 bits per heavy atom. The normalized spacial score (nSPS) is 25.7. The summed E-state index contributed by atoms with van der Waals surface area (Å²) in [6.45, 7) is 0.562. The molecule has 0 radical (unpaired) electrons. The van der Waals surface area contributed by atoms with E-state index in [-0.39, 0.29) is 5.91 Å². The molecule has 2 bridgehead atoms. The number of para-hydroxylation sites is 1. The van der Waals surface area contributed by atoms with E-state index < -0.39 is 0 Å². The number of benzene rings is 1. The van der Waals surface area contributed by atoms with Crippen LogP contribution in [0.25, 0.3) is 5.69 Å². The SMILES string of the molecule is O=C(CC1CC2CCC1C2)NCc1cnn(-c2ccccc2)c1. The Balaban J connectivity index is 1.29. The molecule has 2 aliphatic rings. The number of hydrogen-bond acceptors (Lipinski definition) is 2. The highest BCUT2D eigenvalue weighted by molar-refractivity contribution is 5.76. The van der Waals surface area contributed by atoms with Crippen molar-refractivity contribution in [2.24, 2.45) is 17.8 Å². The Labute approximate surface area is 136 Å². The van der Waals surface area contributed by atoms with Crippen molar-refractivity contribution in [3.05, 3.63) is 48.3 Å². The molecular weight excluding hydrogens is 286 g/mol. The second kappa shape index (κ2) is 6.19. The number of nitrogens with zero attached hydrogens (tertiary/aromatic N) is 2. The van der Waals surface area contributed by atoms with E-state index in [1.54, 1.807) is 0 Å². The van der Waals surface area contributed by atoms with Crippen LogP contribution in [0.5, 0.6) is 0 Å². The molecular formula is C19H23N3O. The van der Waals surface area contributed by atoms with Gasteiger partial charge in [0.05, 0.1) is 11.9 Å². The third-order valence-corrected chi connectivity index (χ3v) is 5.48. The lowest BCUT2D eigenvalue weighted by molar-refractivity contribution is -0.122. The van der Waals surface area contributed by atoms with Gasteiger partial charge in [-0.1, -0.05) is 24.6 Å². The number of rotatable bonds is 5. The Morgan fingerprint density at radius 2 is 2.09 bits per heavy atom. The average Bonchev–Trinajstić information content (AvgIpc) is 3.30. The highest BCUT2D eigenvalue weighted by atomic mass is 16.1. The van der Waals surface area contributed by atoms with E-state index in [1.807, 2.05) is 47.4 Å². The number of hydrogen-bond donors (Lipinski definition) is 1. The van der Waals surface area contributed by atoms with Crippen LogP contribution in [0, 0.1) is 17.8 Å². The van der Waals surface area contributed by atoms with E-state index in [4.69, 9.17) is 0 Å². The smallest absolute Gasteiger partial charge is 0.220 e. The molecule has 1 aromatic heterocycles. The van der Waals surface area contributed by atoms with Crippen LogP contribution in [0.4, 0.5) is 0 Å². The largest absolute Gasteiger partial charge is 0.352 e. The fourth-order valence-corrected chi connectivity index (χ4v) is 4.31. The molecule has 1 aromatic carbocycles. The lowest BCUT2D eigenvalue weighted by Crippen LogP contribution is -2.26. The van der Waals surface area contributed by atoms with E-state index in [9.17, 15) is 4.79 Å². The van der Waals surface area contributed by atoms with Crippen LogP contribution in [0.1, 0.15) is 37.7 Å². The van der Waals surface area contributed by atoms with Crippen LogP contribution in [0.3, 0.4) is 0 Å². The first-order valence-electron chi connectivity index (χ1n) is 8.63. The summed E-state index contributed by atoms with van der Waals surface area (Å²) in [5.74, 6) is 2.53. The fourth-order valence-electron chi connectivity index (χ4n) is 4.31. The highest BCUT2D eigenvalue weighted by Crippen LogP contribution is 2.49. The first-order valence-corrected chi connectivity index (χ1v) is 8.63. The standard InChI is InChI=1S/C19H23N3O/c23-19(10-17-9-14-6-7-16(17)8-14)20-11-15-12-21-22(13-15)18-4-2-1-3-5-18/h1-5,12-14,16-17H,6-11H2,(H,20,23). The Kier molecular flexibility index (Phi) is 3.90. The lowest BCUT2D eigenvalue weighted by atomic mass is 9.86. The van der Waals surface area contributed by atoms with Gasteiger partial charge in [-0.25, -0.2) is 4.68 Å². The van der Waals surface area contributed by atoms with Crippen molar-refractivity contribution >= 4 is 5.91 Å². The zero-order valence-electron chi connectivity index (χ0n) is 13.3. The van der Waals surface area contributed by atoms with Gasteiger partial charge in [0.15, 0.2) is 0 Å². The first-order chi connectivity index (χ1) is 11.3. The quantitative estimate of drug-likeness (QED) is 0.921. The molecule has 2 saturated carbocycles. The summed E-state index contributed by atoms with van der Waals surface area (Å²) in [5.41, 5.74) is 2.07. The van der Waals surface area contributed by atoms with Crippen molar-refractivity contribution < 1.29 is 4.79 Å². The van der Waals surface area contributed by atoms with E-state index in [2.05, 4.69) is 10.4 Å². The van der Waals surface area contributed by atoms with Crippen LogP contribution in [0.15, 0.2) is 42.7 Å². The zero-order chi connectivity index (χ0) is 15.6. The predicted octanol–water partition coefficient (Wildman–Crippen LogP) is 3.31. The third-order valence-electron chi connectivity index (χ3n) is 5.48. The summed E-state index contributed by atoms with van der Waals surface area (Å²) in [6, 6.07) is 10.0. The van der Waals surface area contributed by atoms with Gasteiger partial charge in [0.1, 0.15) is 0 Å². The molecule has 4 nitrogen and oxygen atoms in total. The molecule has 0 spiro atoms. The van der Waals surface area contributed by atoms with Gasteiger partial charge in [-0.3, -0.25) is 4.79 Å². The van der Waals surface area contributed by atoms with Gasteiger partial charge in [-0.15, -0.1) is 0 Å². The third kappa shape index (κ3) is 3.16. The number of nitrogens with one attached hydrogen (secondary N) is 1. The number of amides is 1. The van der Waals surface area contributed by atoms with E-state index >= 15 is 0 Å². The van der Waals surface area contributed by atoms with Gasteiger partial charge in [-0.2, -0.15) is 5.10 Å². The summed E-state index contributed by atoms with van der Waals surface area (Å²) in [5, 5.41) is 7.42. The monoisotopic (exact) mass is 309 g/mol. The molecule has 4 heteroatoms. The highest BCUT2D eigenvalue weighted by Gasteiger charge is 2.39. The van der Waals surface area contributed by atoms with Gasteiger partial charge in [0, 0.05) is 24.7 Å². The van der Waals surface area contributed by atoms with E-state index in [1.165, 1.54) is 25.7 Å². The second-order valence-electron chi connectivity index (χ2n) is 7.04. The topological polar surface area (TPSA) is 46.9 Å². The number of carbonyl (C=O) groups is 1. The van der Waals surface area contributed by atoms with Gasteiger partial charge < -0.3 is 5.32 Å². The van der Waals surface area contributed by atoms with Crippen LogP contribution in [-0.2, 0) is 11.3 Å². The summed E-state index contributed by atoms with van der Waals surface area (Å²) in [6.07, 6.45) is 9.87. The Morgan fingerprint density at radius 3 is 2.83 bits per heavy atom. The molecule has 0 saturated heterocycles. The molecule has 3 atom stereocenters. The molecule has 1 amide bonds. The Bertz CT molecular complexity index is 679. The van der Waals surface area contributed by atoms with Gasteiger partial charge in [-0.05, 0) is 49.1 Å². The lowest BCUT2D eigenvalue weighted by Gasteiger charge is -2.20. The second-order valence-corrected chi connectivity index (χ2v) is 7.04. The molecule has 0 aliphatic heterocycles. The first kappa shape index (κ1) is 14.5.